The van der Waals surface area contributed by atoms with Gasteiger partial charge in [-0.1, -0.05) is 18.2 Å². The van der Waals surface area contributed by atoms with Gasteiger partial charge >= 0.3 is 0 Å². The van der Waals surface area contributed by atoms with Crippen LogP contribution in [-0.2, 0) is 20.2 Å². The van der Waals surface area contributed by atoms with Gasteiger partial charge in [0.25, 0.3) is 0 Å². The number of rotatable bonds is 6. The summed E-state index contributed by atoms with van der Waals surface area (Å²) in [6.45, 7) is 4.08. The molecule has 9 heteroatoms. The van der Waals surface area contributed by atoms with Gasteiger partial charge in [-0.15, -0.1) is 0 Å². The molecule has 1 aliphatic carbocycles. The lowest BCUT2D eigenvalue weighted by atomic mass is 9.94. The Hall–Kier alpha value is -3.43. The average Bonchev–Trinajstić information content (AvgIpc) is 3.53. The van der Waals surface area contributed by atoms with E-state index in [1.807, 2.05) is 32.0 Å². The first-order chi connectivity index (χ1) is 16.2. The maximum absolute atomic E-state index is 13.3. The number of fused-ring (bicyclic) bond motifs is 1. The van der Waals surface area contributed by atoms with Gasteiger partial charge in [0, 0.05) is 13.2 Å². The van der Waals surface area contributed by atoms with Crippen LogP contribution < -0.4 is 19.5 Å². The number of pyridine rings is 1. The first kappa shape index (κ1) is 22.4. The minimum atomic E-state index is -3.50. The summed E-state index contributed by atoms with van der Waals surface area (Å²) in [7, 11) is -2.12. The van der Waals surface area contributed by atoms with Crippen LogP contribution in [0.5, 0.6) is 11.5 Å². The summed E-state index contributed by atoms with van der Waals surface area (Å²) >= 11 is 0. The summed E-state index contributed by atoms with van der Waals surface area (Å²) in [6.07, 6.45) is 3.23. The van der Waals surface area contributed by atoms with E-state index in [1.54, 1.807) is 30.5 Å². The van der Waals surface area contributed by atoms with Crippen molar-refractivity contribution in [3.05, 3.63) is 65.4 Å². The maximum atomic E-state index is 13.3. The normalized spacial score (nSPS) is 15.7. The first-order valence-electron chi connectivity index (χ1n) is 11.0. The monoisotopic (exact) mass is 481 g/mol. The highest BCUT2D eigenvalue weighted by Crippen LogP contribution is 2.51. The van der Waals surface area contributed by atoms with Gasteiger partial charge in [-0.25, -0.2) is 18.1 Å². The number of anilines is 1. The Balaban J connectivity index is 0.00000289. The van der Waals surface area contributed by atoms with Gasteiger partial charge in [0.05, 0.1) is 10.3 Å². The molecule has 178 valence electrons. The molecule has 0 unspecified atom stereocenters. The van der Waals surface area contributed by atoms with Crippen molar-refractivity contribution in [2.24, 2.45) is 0 Å². The summed E-state index contributed by atoms with van der Waals surface area (Å²) in [5.74, 6) is 1.79. The Morgan fingerprint density at radius 3 is 2.41 bits per heavy atom. The zero-order chi connectivity index (χ0) is 24.1. The number of nitrogens with zero attached hydrogens (tertiary/aromatic N) is 1. The SMILES string of the molecule is CNS(=O)(=O)c1ccc(-c2cnc(NC(=O)C3(c4ccc5c(c4)OCO5)CC3)c(C)c2C)cc1.[HH]. The molecule has 5 rings (SSSR count). The Morgan fingerprint density at radius 2 is 1.74 bits per heavy atom. The quantitative estimate of drug-likeness (QED) is 0.553. The van der Waals surface area contributed by atoms with E-state index in [-0.39, 0.29) is 19.0 Å². The number of carbonyl (C=O) groups excluding carboxylic acids is 1. The third kappa shape index (κ3) is 3.70. The fraction of sp³-hybridized carbons (Fsp3) is 0.280. The number of hydrogen-bond acceptors (Lipinski definition) is 6. The second-order valence-corrected chi connectivity index (χ2v) is 10.5. The number of ether oxygens (including phenoxy) is 2. The van der Waals surface area contributed by atoms with Gasteiger partial charge in [-0.2, -0.15) is 0 Å². The molecule has 2 aromatic carbocycles. The van der Waals surface area contributed by atoms with Crippen LogP contribution in [0, 0.1) is 13.8 Å². The number of sulfonamides is 1. The molecule has 0 bridgehead atoms. The number of benzene rings is 2. The van der Waals surface area contributed by atoms with Gasteiger partial charge in [0.2, 0.25) is 22.7 Å². The zero-order valence-electron chi connectivity index (χ0n) is 19.1. The Bertz CT molecular complexity index is 1400. The largest absolute Gasteiger partial charge is 0.454 e. The molecule has 8 nitrogen and oxygen atoms in total. The molecule has 1 amide bonds. The fourth-order valence-electron chi connectivity index (χ4n) is 4.24. The Labute approximate surface area is 199 Å². The standard InChI is InChI=1S/C25H25N3O5S.H2/c1-15-16(2)23(27-13-20(15)17-4-7-19(8-5-17)34(30,31)26-3)28-24(29)25(10-11-25)18-6-9-21-22(12-18)33-14-32-21;/h4-9,12-13,26H,10-11,14H2,1-3H3,(H,27,28,29);1H. The van der Waals surface area contributed by atoms with E-state index in [9.17, 15) is 13.2 Å². The lowest BCUT2D eigenvalue weighted by Gasteiger charge is -2.18. The van der Waals surface area contributed by atoms with E-state index in [2.05, 4.69) is 15.0 Å². The third-order valence-corrected chi connectivity index (χ3v) is 8.16. The second-order valence-electron chi connectivity index (χ2n) is 8.61. The summed E-state index contributed by atoms with van der Waals surface area (Å²) in [4.78, 5) is 18.0. The van der Waals surface area contributed by atoms with E-state index in [0.717, 1.165) is 40.7 Å². The molecule has 1 aromatic heterocycles. The molecule has 2 heterocycles. The number of amides is 1. The number of carbonyl (C=O) groups is 1. The van der Waals surface area contributed by atoms with Crippen molar-refractivity contribution in [1.82, 2.24) is 9.71 Å². The minimum absolute atomic E-state index is 0. The molecular formula is C25H27N3O5S. The van der Waals surface area contributed by atoms with Crippen LogP contribution in [0.2, 0.25) is 0 Å². The average molecular weight is 482 g/mol. The van der Waals surface area contributed by atoms with Crippen LogP contribution in [0.15, 0.2) is 53.6 Å². The predicted octanol–water partition coefficient (Wildman–Crippen LogP) is 3.92. The van der Waals surface area contributed by atoms with Crippen molar-refractivity contribution in [3.63, 3.8) is 0 Å². The van der Waals surface area contributed by atoms with Crippen molar-refractivity contribution in [1.29, 1.82) is 0 Å². The molecule has 0 spiro atoms. The minimum Gasteiger partial charge on any atom is -0.454 e. The molecular weight excluding hydrogens is 454 g/mol. The molecule has 34 heavy (non-hydrogen) atoms. The van der Waals surface area contributed by atoms with Crippen LogP contribution in [0.25, 0.3) is 11.1 Å². The smallest absolute Gasteiger partial charge is 0.240 e. The predicted molar refractivity (Wildman–Crippen MR) is 130 cm³/mol. The topological polar surface area (TPSA) is 107 Å². The molecule has 2 aliphatic rings. The van der Waals surface area contributed by atoms with Crippen molar-refractivity contribution < 1.29 is 24.1 Å². The molecule has 1 aliphatic heterocycles. The highest BCUT2D eigenvalue weighted by atomic mass is 32.2. The number of nitrogens with one attached hydrogen (secondary N) is 2. The van der Waals surface area contributed by atoms with Crippen molar-refractivity contribution in [3.8, 4) is 22.6 Å². The zero-order valence-corrected chi connectivity index (χ0v) is 20.0. The van der Waals surface area contributed by atoms with E-state index < -0.39 is 15.4 Å². The van der Waals surface area contributed by atoms with E-state index in [4.69, 9.17) is 9.47 Å². The van der Waals surface area contributed by atoms with Crippen LogP contribution in [0.1, 0.15) is 31.0 Å². The van der Waals surface area contributed by atoms with Gasteiger partial charge in [-0.05, 0) is 80.3 Å². The maximum Gasteiger partial charge on any atom is 0.240 e. The van der Waals surface area contributed by atoms with Crippen molar-refractivity contribution >= 4 is 21.7 Å². The third-order valence-electron chi connectivity index (χ3n) is 6.73. The summed E-state index contributed by atoms with van der Waals surface area (Å²) < 4.78 is 37.1. The van der Waals surface area contributed by atoms with Gasteiger partial charge in [0.1, 0.15) is 5.82 Å². The first-order valence-corrected chi connectivity index (χ1v) is 12.5. The van der Waals surface area contributed by atoms with E-state index >= 15 is 0 Å². The van der Waals surface area contributed by atoms with Gasteiger partial charge < -0.3 is 14.8 Å². The van der Waals surface area contributed by atoms with Crippen molar-refractivity contribution in [2.45, 2.75) is 37.0 Å². The highest BCUT2D eigenvalue weighted by molar-refractivity contribution is 7.89. The van der Waals surface area contributed by atoms with Gasteiger partial charge in [0.15, 0.2) is 11.5 Å². The Kier molecular flexibility index (Phi) is 5.33. The molecule has 1 fully saturated rings. The molecule has 0 saturated heterocycles. The summed E-state index contributed by atoms with van der Waals surface area (Å²) in [5.41, 5.74) is 3.87. The van der Waals surface area contributed by atoms with Crippen LogP contribution >= 0.6 is 0 Å². The lowest BCUT2D eigenvalue weighted by Crippen LogP contribution is -2.28. The molecule has 2 N–H and O–H groups in total. The molecule has 0 atom stereocenters. The number of hydrogen-bond donors (Lipinski definition) is 2. The lowest BCUT2D eigenvalue weighted by molar-refractivity contribution is -0.118. The summed E-state index contributed by atoms with van der Waals surface area (Å²) in [5, 5.41) is 3.03. The molecule has 3 aromatic rings. The number of aromatic nitrogens is 1. The van der Waals surface area contributed by atoms with Gasteiger partial charge in [-0.3, -0.25) is 4.79 Å². The Morgan fingerprint density at radius 1 is 1.03 bits per heavy atom. The van der Waals surface area contributed by atoms with E-state index in [0.29, 0.717) is 17.3 Å². The molecule has 1 saturated carbocycles. The highest BCUT2D eigenvalue weighted by Gasteiger charge is 2.52. The van der Waals surface area contributed by atoms with Crippen LogP contribution in [-0.4, -0.2) is 33.1 Å². The van der Waals surface area contributed by atoms with Crippen LogP contribution in [0.4, 0.5) is 5.82 Å². The second kappa shape index (κ2) is 8.11. The van der Waals surface area contributed by atoms with Crippen LogP contribution in [0.3, 0.4) is 0 Å². The fourth-order valence-corrected chi connectivity index (χ4v) is 4.97. The summed E-state index contributed by atoms with van der Waals surface area (Å²) in [6, 6.07) is 12.3. The van der Waals surface area contributed by atoms with Crippen molar-refractivity contribution in [2.75, 3.05) is 19.2 Å². The van der Waals surface area contributed by atoms with E-state index in [1.165, 1.54) is 7.05 Å². The molecule has 0 radical (unpaired) electrons.